The van der Waals surface area contributed by atoms with Crippen molar-refractivity contribution in [3.63, 3.8) is 0 Å². The molecule has 0 fully saturated rings. The van der Waals surface area contributed by atoms with Crippen molar-refractivity contribution >= 4 is 29.2 Å². The number of para-hydroxylation sites is 3. The lowest BCUT2D eigenvalue weighted by molar-refractivity contribution is -0.119. The van der Waals surface area contributed by atoms with Crippen LogP contribution in [-0.2, 0) is 9.53 Å². The lowest BCUT2D eigenvalue weighted by Gasteiger charge is -2.13. The van der Waals surface area contributed by atoms with Gasteiger partial charge in [-0.3, -0.25) is 4.79 Å². The zero-order valence-electron chi connectivity index (χ0n) is 18.6. The summed E-state index contributed by atoms with van der Waals surface area (Å²) in [6.45, 7) is -0.577. The van der Waals surface area contributed by atoms with E-state index < -0.39 is 18.5 Å². The summed E-state index contributed by atoms with van der Waals surface area (Å²) in [6.07, 6.45) is 2.87. The molecule has 0 aliphatic carbocycles. The van der Waals surface area contributed by atoms with Crippen molar-refractivity contribution in [2.24, 2.45) is 0 Å². The molecule has 0 atom stereocenters. The van der Waals surface area contributed by atoms with Gasteiger partial charge in [0.15, 0.2) is 12.4 Å². The summed E-state index contributed by atoms with van der Waals surface area (Å²) >= 11 is 0. The molecule has 0 aliphatic rings. The summed E-state index contributed by atoms with van der Waals surface area (Å²) < 4.78 is 12.0. The Morgan fingerprint density at radius 1 is 1.06 bits per heavy atom. The van der Waals surface area contributed by atoms with Crippen LogP contribution in [0.25, 0.3) is 5.69 Å². The summed E-state index contributed by atoms with van der Waals surface area (Å²) in [4.78, 5) is 29.5. The van der Waals surface area contributed by atoms with Crippen molar-refractivity contribution in [2.45, 2.75) is 0 Å². The summed E-state index contributed by atoms with van der Waals surface area (Å²) in [5, 5.41) is 19.2. The molecule has 35 heavy (non-hydrogen) atoms. The minimum absolute atomic E-state index is 0.137. The van der Waals surface area contributed by atoms with Crippen LogP contribution in [0.1, 0.15) is 15.9 Å². The molecule has 2 heterocycles. The highest BCUT2D eigenvalue weighted by Crippen LogP contribution is 2.28. The van der Waals surface area contributed by atoms with Crippen molar-refractivity contribution in [1.29, 1.82) is 5.26 Å². The van der Waals surface area contributed by atoms with Crippen molar-refractivity contribution in [3.05, 3.63) is 90.3 Å². The van der Waals surface area contributed by atoms with Crippen molar-refractivity contribution in [1.82, 2.24) is 14.8 Å². The Morgan fingerprint density at radius 3 is 2.60 bits per heavy atom. The smallest absolute Gasteiger partial charge is 0.342 e. The molecule has 0 saturated carbocycles. The minimum Gasteiger partial charge on any atom is -0.495 e. The van der Waals surface area contributed by atoms with Crippen molar-refractivity contribution < 1.29 is 19.1 Å². The highest BCUT2D eigenvalue weighted by atomic mass is 16.5. The van der Waals surface area contributed by atoms with Gasteiger partial charge in [-0.05, 0) is 36.4 Å². The molecule has 2 N–H and O–H groups in total. The highest BCUT2D eigenvalue weighted by Gasteiger charge is 2.19. The van der Waals surface area contributed by atoms with E-state index in [4.69, 9.17) is 9.47 Å². The number of carbonyl (C=O) groups excluding carboxylic acids is 2. The molecule has 0 saturated heterocycles. The number of anilines is 3. The largest absolute Gasteiger partial charge is 0.495 e. The van der Waals surface area contributed by atoms with Crippen molar-refractivity contribution in [3.8, 4) is 17.5 Å². The molecular weight excluding hydrogens is 448 g/mol. The first kappa shape index (κ1) is 23.0. The number of carbonyl (C=O) groups is 2. The van der Waals surface area contributed by atoms with Gasteiger partial charge in [0.25, 0.3) is 5.91 Å². The molecule has 0 radical (unpaired) electrons. The summed E-state index contributed by atoms with van der Waals surface area (Å²) in [5.74, 6) is -0.380. The van der Waals surface area contributed by atoms with Gasteiger partial charge >= 0.3 is 5.97 Å². The maximum absolute atomic E-state index is 12.7. The predicted octanol–water partition coefficient (Wildman–Crippen LogP) is 3.69. The Hall–Kier alpha value is -5.17. The molecule has 10 nitrogen and oxygen atoms in total. The molecule has 0 aliphatic heterocycles. The van der Waals surface area contributed by atoms with Crippen molar-refractivity contribution in [2.75, 3.05) is 24.4 Å². The van der Waals surface area contributed by atoms with Crippen LogP contribution in [0.4, 0.5) is 17.3 Å². The molecular formula is C25H20N6O4. The summed E-state index contributed by atoms with van der Waals surface area (Å²) in [7, 11) is 1.54. The first-order chi connectivity index (χ1) is 17.1. The lowest BCUT2D eigenvalue weighted by Crippen LogP contribution is -2.23. The van der Waals surface area contributed by atoms with Crippen LogP contribution >= 0.6 is 0 Å². The van der Waals surface area contributed by atoms with Crippen LogP contribution in [-0.4, -0.2) is 40.4 Å². The Balaban J connectivity index is 1.46. The van der Waals surface area contributed by atoms with E-state index in [-0.39, 0.29) is 22.8 Å². The summed E-state index contributed by atoms with van der Waals surface area (Å²) in [6, 6.07) is 21.3. The molecule has 174 valence electrons. The van der Waals surface area contributed by atoms with Gasteiger partial charge in [-0.15, -0.1) is 0 Å². The monoisotopic (exact) mass is 468 g/mol. The number of nitrogens with zero attached hydrogens (tertiary/aromatic N) is 4. The molecule has 0 unspecified atom stereocenters. The second kappa shape index (κ2) is 10.6. The van der Waals surface area contributed by atoms with E-state index in [2.05, 4.69) is 20.7 Å². The Labute approximate surface area is 200 Å². The number of nitriles is 1. The van der Waals surface area contributed by atoms with Gasteiger partial charge in [0.1, 0.15) is 28.8 Å². The third-order valence-corrected chi connectivity index (χ3v) is 4.87. The molecule has 4 rings (SSSR count). The molecule has 0 bridgehead atoms. The number of rotatable bonds is 8. The van der Waals surface area contributed by atoms with Gasteiger partial charge in [0.05, 0.1) is 24.7 Å². The third-order valence-electron chi connectivity index (χ3n) is 4.87. The molecule has 4 aromatic rings. The number of esters is 1. The number of benzene rings is 2. The number of hydrogen-bond acceptors (Lipinski definition) is 8. The van der Waals surface area contributed by atoms with E-state index in [1.54, 1.807) is 42.5 Å². The maximum Gasteiger partial charge on any atom is 0.342 e. The minimum atomic E-state index is -0.747. The van der Waals surface area contributed by atoms with Crippen LogP contribution in [0.5, 0.6) is 5.75 Å². The zero-order valence-corrected chi connectivity index (χ0v) is 18.6. The van der Waals surface area contributed by atoms with E-state index in [0.29, 0.717) is 17.1 Å². The van der Waals surface area contributed by atoms with Crippen LogP contribution < -0.4 is 15.4 Å². The SMILES string of the molecule is COc1ccccc1Nc1ncccc1C(=O)OCC(=O)Nc1c(C#N)cnn1-c1ccccc1. The van der Waals surface area contributed by atoms with Crippen LogP contribution in [0.2, 0.25) is 0 Å². The number of aromatic nitrogens is 3. The standard InChI is InChI=1S/C25H20N6O4/c1-34-21-12-6-5-11-20(21)29-23-19(10-7-13-27-23)25(33)35-16-22(32)30-24-17(14-26)15-28-31(24)18-8-3-2-4-9-18/h2-13,15H,16H2,1H3,(H,27,29)(H,30,32). The number of hydrogen-bond donors (Lipinski definition) is 2. The maximum atomic E-state index is 12.7. The van der Waals surface area contributed by atoms with Gasteiger partial charge in [-0.25, -0.2) is 14.5 Å². The average molecular weight is 468 g/mol. The van der Waals surface area contributed by atoms with Gasteiger partial charge in [0.2, 0.25) is 0 Å². The predicted molar refractivity (Wildman–Crippen MR) is 128 cm³/mol. The fraction of sp³-hybridized carbons (Fsp3) is 0.0800. The molecule has 2 aromatic carbocycles. The second-order valence-electron chi connectivity index (χ2n) is 7.12. The van der Waals surface area contributed by atoms with E-state index in [9.17, 15) is 14.9 Å². The normalized spacial score (nSPS) is 10.2. The van der Waals surface area contributed by atoms with E-state index in [1.165, 1.54) is 30.3 Å². The third kappa shape index (κ3) is 5.26. The Morgan fingerprint density at radius 2 is 1.83 bits per heavy atom. The van der Waals surface area contributed by atoms with Gasteiger partial charge in [0, 0.05) is 6.20 Å². The number of methoxy groups -OCH3 is 1. The number of amides is 1. The number of pyridine rings is 1. The van der Waals surface area contributed by atoms with E-state index in [1.807, 2.05) is 24.3 Å². The lowest BCUT2D eigenvalue weighted by atomic mass is 10.2. The van der Waals surface area contributed by atoms with Crippen LogP contribution in [0.3, 0.4) is 0 Å². The average Bonchev–Trinajstić information content (AvgIpc) is 3.30. The van der Waals surface area contributed by atoms with Gasteiger partial charge in [-0.2, -0.15) is 10.4 Å². The number of ether oxygens (including phenoxy) is 2. The van der Waals surface area contributed by atoms with Crippen LogP contribution in [0.15, 0.2) is 79.1 Å². The fourth-order valence-corrected chi connectivity index (χ4v) is 3.24. The molecule has 2 aromatic heterocycles. The second-order valence-corrected chi connectivity index (χ2v) is 7.12. The van der Waals surface area contributed by atoms with Gasteiger partial charge in [-0.1, -0.05) is 30.3 Å². The number of nitrogens with one attached hydrogen (secondary N) is 2. The molecule has 1 amide bonds. The molecule has 10 heteroatoms. The summed E-state index contributed by atoms with van der Waals surface area (Å²) in [5.41, 5.74) is 1.57. The topological polar surface area (TPSA) is 131 Å². The zero-order chi connectivity index (χ0) is 24.6. The Kier molecular flexibility index (Phi) is 6.99. The van der Waals surface area contributed by atoms with E-state index >= 15 is 0 Å². The fourth-order valence-electron chi connectivity index (χ4n) is 3.24. The Bertz CT molecular complexity index is 1390. The van der Waals surface area contributed by atoms with E-state index in [0.717, 1.165) is 0 Å². The van der Waals surface area contributed by atoms with Gasteiger partial charge < -0.3 is 20.1 Å². The molecule has 0 spiro atoms. The quantitative estimate of drug-likeness (QED) is 0.374. The van der Waals surface area contributed by atoms with Crippen LogP contribution in [0, 0.1) is 11.3 Å². The first-order valence-electron chi connectivity index (χ1n) is 10.5. The highest BCUT2D eigenvalue weighted by molar-refractivity contribution is 5.98. The first-order valence-corrected chi connectivity index (χ1v) is 10.5.